The maximum Gasteiger partial charge on any atom is 0.149 e. The summed E-state index contributed by atoms with van der Waals surface area (Å²) in [7, 11) is 0. The van der Waals surface area contributed by atoms with Gasteiger partial charge in [0.05, 0.1) is 12.4 Å². The van der Waals surface area contributed by atoms with E-state index in [-0.39, 0.29) is 5.78 Å². The summed E-state index contributed by atoms with van der Waals surface area (Å²) in [4.78, 5) is 17.8. The van der Waals surface area contributed by atoms with E-state index in [1.807, 2.05) is 6.92 Å². The highest BCUT2D eigenvalue weighted by Gasteiger charge is 2.11. The Kier molecular flexibility index (Phi) is 2.99. The molecule has 0 radical (unpaired) electrons. The molecule has 66 valence electrons. The molecule has 0 spiro atoms. The molecule has 12 heavy (non-hydrogen) atoms. The number of aromatic nitrogens is 2. The first-order valence-electron chi connectivity index (χ1n) is 3.99. The van der Waals surface area contributed by atoms with Gasteiger partial charge in [-0.15, -0.1) is 0 Å². The molecule has 1 heterocycles. The van der Waals surface area contributed by atoms with Crippen molar-refractivity contribution >= 4 is 5.78 Å². The second-order valence-corrected chi connectivity index (χ2v) is 2.71. The predicted molar refractivity (Wildman–Crippen MR) is 45.6 cm³/mol. The van der Waals surface area contributed by atoms with Gasteiger partial charge in [-0.05, 0) is 0 Å². The van der Waals surface area contributed by atoms with Crippen LogP contribution in [0.2, 0.25) is 0 Å². The number of imidazole rings is 1. The van der Waals surface area contributed by atoms with Gasteiger partial charge < -0.3 is 10.7 Å². The predicted octanol–water partition coefficient (Wildman–Crippen LogP) is 0.259. The molecule has 3 N–H and O–H groups in total. The standard InChI is InChI=1S/C8H13N3O/c1-2-8(12)7(9)3-6-4-10-5-11-6/h4-5,7H,2-3,9H2,1H3,(H,10,11)/t7-/m1/s1. The highest BCUT2D eigenvalue weighted by atomic mass is 16.1. The fourth-order valence-corrected chi connectivity index (χ4v) is 1.01. The number of hydrogen-bond donors (Lipinski definition) is 2. The number of hydrogen-bond acceptors (Lipinski definition) is 3. The summed E-state index contributed by atoms with van der Waals surface area (Å²) in [5.74, 6) is 0.0876. The van der Waals surface area contributed by atoms with Crippen LogP contribution in [0.15, 0.2) is 12.5 Å². The number of ketones is 1. The van der Waals surface area contributed by atoms with Crippen LogP contribution in [0.25, 0.3) is 0 Å². The summed E-state index contributed by atoms with van der Waals surface area (Å²) in [6, 6.07) is -0.393. The molecule has 4 nitrogen and oxygen atoms in total. The van der Waals surface area contributed by atoms with E-state index in [1.165, 1.54) is 0 Å². The lowest BCUT2D eigenvalue weighted by molar-refractivity contribution is -0.119. The van der Waals surface area contributed by atoms with Crippen molar-refractivity contribution in [3.05, 3.63) is 18.2 Å². The molecule has 1 atom stereocenters. The molecule has 0 amide bonds. The van der Waals surface area contributed by atoms with Crippen molar-refractivity contribution in [2.45, 2.75) is 25.8 Å². The van der Waals surface area contributed by atoms with E-state index in [1.54, 1.807) is 12.5 Å². The summed E-state index contributed by atoms with van der Waals surface area (Å²) in [5.41, 5.74) is 6.53. The van der Waals surface area contributed by atoms with Gasteiger partial charge in [0.2, 0.25) is 0 Å². The minimum absolute atomic E-state index is 0.0876. The van der Waals surface area contributed by atoms with E-state index in [0.717, 1.165) is 5.69 Å². The zero-order valence-electron chi connectivity index (χ0n) is 7.08. The molecule has 4 heteroatoms. The highest BCUT2D eigenvalue weighted by Crippen LogP contribution is 1.98. The van der Waals surface area contributed by atoms with Crippen molar-refractivity contribution in [2.24, 2.45) is 5.73 Å². The maximum atomic E-state index is 11.1. The average Bonchev–Trinajstić information content (AvgIpc) is 2.55. The number of carbonyl (C=O) groups is 1. The van der Waals surface area contributed by atoms with Gasteiger partial charge in [0.25, 0.3) is 0 Å². The lowest BCUT2D eigenvalue weighted by Crippen LogP contribution is -2.32. The average molecular weight is 167 g/mol. The smallest absolute Gasteiger partial charge is 0.149 e. The molecule has 0 unspecified atom stereocenters. The summed E-state index contributed by atoms with van der Waals surface area (Å²) in [5, 5.41) is 0. The quantitative estimate of drug-likeness (QED) is 0.675. The third-order valence-corrected chi connectivity index (χ3v) is 1.76. The fraction of sp³-hybridized carbons (Fsp3) is 0.500. The van der Waals surface area contributed by atoms with Gasteiger partial charge in [0.1, 0.15) is 5.78 Å². The molecule has 0 saturated carbocycles. The minimum atomic E-state index is -0.393. The van der Waals surface area contributed by atoms with Crippen LogP contribution in [-0.2, 0) is 11.2 Å². The Balaban J connectivity index is 2.47. The number of nitrogens with zero attached hydrogens (tertiary/aromatic N) is 1. The van der Waals surface area contributed by atoms with E-state index in [2.05, 4.69) is 9.97 Å². The topological polar surface area (TPSA) is 71.8 Å². The number of nitrogens with one attached hydrogen (secondary N) is 1. The first-order valence-corrected chi connectivity index (χ1v) is 3.99. The number of rotatable bonds is 4. The molecule has 0 fully saturated rings. The van der Waals surface area contributed by atoms with E-state index in [4.69, 9.17) is 5.73 Å². The Morgan fingerprint density at radius 2 is 2.58 bits per heavy atom. The van der Waals surface area contributed by atoms with Crippen molar-refractivity contribution in [2.75, 3.05) is 0 Å². The van der Waals surface area contributed by atoms with Gasteiger partial charge in [-0.2, -0.15) is 0 Å². The lowest BCUT2D eigenvalue weighted by atomic mass is 10.1. The van der Waals surface area contributed by atoms with E-state index < -0.39 is 6.04 Å². The first kappa shape index (κ1) is 8.93. The molecule has 0 aliphatic rings. The Bertz CT molecular complexity index is 243. The molecule has 0 aliphatic carbocycles. The second kappa shape index (κ2) is 4.01. The molecule has 1 aromatic rings. The van der Waals surface area contributed by atoms with Crippen molar-refractivity contribution in [1.82, 2.24) is 9.97 Å². The number of Topliss-reactive ketones (excluding diaryl/α,β-unsaturated/α-hetero) is 1. The molecule has 0 saturated heterocycles. The second-order valence-electron chi connectivity index (χ2n) is 2.71. The summed E-state index contributed by atoms with van der Waals surface area (Å²) >= 11 is 0. The zero-order valence-corrected chi connectivity index (χ0v) is 7.08. The molecule has 0 aliphatic heterocycles. The monoisotopic (exact) mass is 167 g/mol. The Hall–Kier alpha value is -1.16. The van der Waals surface area contributed by atoms with Crippen molar-refractivity contribution in [3.8, 4) is 0 Å². The normalized spacial score (nSPS) is 12.8. The number of aromatic amines is 1. The molecule has 1 aromatic heterocycles. The van der Waals surface area contributed by atoms with Crippen LogP contribution < -0.4 is 5.73 Å². The maximum absolute atomic E-state index is 11.1. The summed E-state index contributed by atoms with van der Waals surface area (Å²) in [6.07, 6.45) is 4.31. The molecule has 1 rings (SSSR count). The lowest BCUT2D eigenvalue weighted by Gasteiger charge is -2.06. The van der Waals surface area contributed by atoms with Crippen LogP contribution in [0.5, 0.6) is 0 Å². The van der Waals surface area contributed by atoms with Gasteiger partial charge in [-0.3, -0.25) is 4.79 Å². The summed E-state index contributed by atoms with van der Waals surface area (Å²) in [6.45, 7) is 1.81. The molecule has 0 aromatic carbocycles. The van der Waals surface area contributed by atoms with Crippen molar-refractivity contribution in [1.29, 1.82) is 0 Å². The highest BCUT2D eigenvalue weighted by molar-refractivity contribution is 5.83. The molecular weight excluding hydrogens is 154 g/mol. The van der Waals surface area contributed by atoms with Crippen LogP contribution in [0.1, 0.15) is 19.0 Å². The fourth-order valence-electron chi connectivity index (χ4n) is 1.01. The van der Waals surface area contributed by atoms with Gasteiger partial charge in [-0.1, -0.05) is 6.92 Å². The Morgan fingerprint density at radius 1 is 1.83 bits per heavy atom. The summed E-state index contributed by atoms with van der Waals surface area (Å²) < 4.78 is 0. The molecule has 0 bridgehead atoms. The first-order chi connectivity index (χ1) is 5.74. The van der Waals surface area contributed by atoms with E-state index in [9.17, 15) is 4.79 Å². The SMILES string of the molecule is CCC(=O)[C@H](N)Cc1cnc[nH]1. The van der Waals surface area contributed by atoms with Gasteiger partial charge >= 0.3 is 0 Å². The van der Waals surface area contributed by atoms with Crippen LogP contribution >= 0.6 is 0 Å². The van der Waals surface area contributed by atoms with Crippen molar-refractivity contribution in [3.63, 3.8) is 0 Å². The van der Waals surface area contributed by atoms with Gasteiger partial charge in [0.15, 0.2) is 0 Å². The number of nitrogens with two attached hydrogens (primary N) is 1. The van der Waals surface area contributed by atoms with Gasteiger partial charge in [-0.25, -0.2) is 4.98 Å². The number of H-pyrrole nitrogens is 1. The zero-order chi connectivity index (χ0) is 8.97. The third-order valence-electron chi connectivity index (χ3n) is 1.76. The van der Waals surface area contributed by atoms with Crippen LogP contribution in [0, 0.1) is 0 Å². The van der Waals surface area contributed by atoms with Crippen LogP contribution in [0.3, 0.4) is 0 Å². The van der Waals surface area contributed by atoms with Crippen molar-refractivity contribution < 1.29 is 4.79 Å². The van der Waals surface area contributed by atoms with Gasteiger partial charge in [0, 0.05) is 24.7 Å². The number of carbonyl (C=O) groups excluding carboxylic acids is 1. The Labute approximate surface area is 71.2 Å². The van der Waals surface area contributed by atoms with Crippen LogP contribution in [0.4, 0.5) is 0 Å². The van der Waals surface area contributed by atoms with E-state index >= 15 is 0 Å². The van der Waals surface area contributed by atoms with Crippen LogP contribution in [-0.4, -0.2) is 21.8 Å². The Morgan fingerprint density at radius 3 is 3.08 bits per heavy atom. The third kappa shape index (κ3) is 2.17. The van der Waals surface area contributed by atoms with E-state index in [0.29, 0.717) is 12.8 Å². The molecular formula is C8H13N3O. The minimum Gasteiger partial charge on any atom is -0.348 e. The largest absolute Gasteiger partial charge is 0.348 e.